The molecule has 184 valence electrons. The maximum atomic E-state index is 13.7. The molecule has 7 nitrogen and oxygen atoms in total. The first-order valence-corrected chi connectivity index (χ1v) is 12.1. The fraction of sp³-hybridized carbons (Fsp3) is 0.654. The van der Waals surface area contributed by atoms with Gasteiger partial charge in [0.25, 0.3) is 0 Å². The largest absolute Gasteiger partial charge is 0.444 e. The molecule has 2 rings (SSSR count). The summed E-state index contributed by atoms with van der Waals surface area (Å²) in [6, 6.07) is 4.25. The summed E-state index contributed by atoms with van der Waals surface area (Å²) in [6.45, 7) is 13.6. The second kappa shape index (κ2) is 11.5. The van der Waals surface area contributed by atoms with Crippen LogP contribution < -0.4 is 10.6 Å². The van der Waals surface area contributed by atoms with Crippen molar-refractivity contribution in [3.05, 3.63) is 34.9 Å². The molecule has 0 aromatic heterocycles. The fourth-order valence-corrected chi connectivity index (χ4v) is 3.93. The van der Waals surface area contributed by atoms with Crippen molar-refractivity contribution in [3.8, 4) is 0 Å². The summed E-state index contributed by atoms with van der Waals surface area (Å²) in [7, 11) is 0. The van der Waals surface area contributed by atoms with Crippen LogP contribution in [-0.4, -0.2) is 47.0 Å². The number of amides is 3. The summed E-state index contributed by atoms with van der Waals surface area (Å²) in [5.41, 5.74) is 2.23. The van der Waals surface area contributed by atoms with E-state index in [-0.39, 0.29) is 17.9 Å². The number of nitrogens with zero attached hydrogens (tertiary/aromatic N) is 1. The van der Waals surface area contributed by atoms with Gasteiger partial charge in [0.05, 0.1) is 0 Å². The smallest absolute Gasteiger partial charge is 0.408 e. The molecule has 0 radical (unpaired) electrons. The molecule has 0 saturated heterocycles. The van der Waals surface area contributed by atoms with Crippen LogP contribution in [0, 0.1) is 13.8 Å². The SMILES string of the molecule is CCCCNC(=O)C(c1cccc(C)c1C)N(C(=O)C(C)NC(=O)OC(C)(C)C)C1CCC1. The lowest BCUT2D eigenvalue weighted by atomic mass is 9.87. The van der Waals surface area contributed by atoms with Crippen LogP contribution in [0.1, 0.15) is 89.5 Å². The van der Waals surface area contributed by atoms with Crippen molar-refractivity contribution in [2.75, 3.05) is 6.54 Å². The molecule has 7 heteroatoms. The zero-order chi connectivity index (χ0) is 24.8. The van der Waals surface area contributed by atoms with Crippen molar-refractivity contribution in [2.24, 2.45) is 0 Å². The van der Waals surface area contributed by atoms with Crippen molar-refractivity contribution >= 4 is 17.9 Å². The molecular formula is C26H41N3O4. The van der Waals surface area contributed by atoms with Gasteiger partial charge < -0.3 is 20.3 Å². The van der Waals surface area contributed by atoms with Gasteiger partial charge in [-0.1, -0.05) is 31.5 Å². The Labute approximate surface area is 198 Å². The van der Waals surface area contributed by atoms with Crippen LogP contribution in [-0.2, 0) is 14.3 Å². The number of rotatable bonds is 9. The highest BCUT2D eigenvalue weighted by atomic mass is 16.6. The molecule has 0 aliphatic heterocycles. The van der Waals surface area contributed by atoms with Crippen molar-refractivity contribution < 1.29 is 19.1 Å². The molecule has 2 atom stereocenters. The molecule has 2 N–H and O–H groups in total. The first-order valence-electron chi connectivity index (χ1n) is 12.1. The number of unbranched alkanes of at least 4 members (excludes halogenated alkanes) is 1. The van der Waals surface area contributed by atoms with Gasteiger partial charge in [0.2, 0.25) is 11.8 Å². The molecule has 1 fully saturated rings. The number of carbonyl (C=O) groups excluding carboxylic acids is 3. The lowest BCUT2D eigenvalue weighted by Crippen LogP contribution is -2.56. The zero-order valence-corrected chi connectivity index (χ0v) is 21.3. The fourth-order valence-electron chi connectivity index (χ4n) is 3.93. The molecule has 0 bridgehead atoms. The van der Waals surface area contributed by atoms with E-state index in [1.165, 1.54) is 0 Å². The Hall–Kier alpha value is -2.57. The van der Waals surface area contributed by atoms with E-state index in [4.69, 9.17) is 4.74 Å². The summed E-state index contributed by atoms with van der Waals surface area (Å²) in [4.78, 5) is 41.2. The van der Waals surface area contributed by atoms with Gasteiger partial charge in [0.1, 0.15) is 17.7 Å². The van der Waals surface area contributed by atoms with Crippen molar-refractivity contribution in [3.63, 3.8) is 0 Å². The second-order valence-electron chi connectivity index (χ2n) is 10.0. The standard InChI is InChI=1S/C26H41N3O4/c1-8-9-16-27-23(30)22(21-15-10-12-17(2)18(21)3)29(20-13-11-14-20)24(31)19(4)28-25(32)33-26(5,6)7/h10,12,15,19-20,22H,8-9,11,13-14,16H2,1-7H3,(H,27,30)(H,28,32). The maximum absolute atomic E-state index is 13.7. The molecule has 0 spiro atoms. The van der Waals surface area contributed by atoms with E-state index in [0.29, 0.717) is 6.54 Å². The third-order valence-corrected chi connectivity index (χ3v) is 6.12. The number of ether oxygens (including phenoxy) is 1. The van der Waals surface area contributed by atoms with Gasteiger partial charge in [-0.2, -0.15) is 0 Å². The summed E-state index contributed by atoms with van der Waals surface area (Å²) in [6.07, 6.45) is 3.89. The van der Waals surface area contributed by atoms with Crippen LogP contribution in [0.2, 0.25) is 0 Å². The first-order chi connectivity index (χ1) is 15.5. The number of hydrogen-bond donors (Lipinski definition) is 2. The van der Waals surface area contributed by atoms with E-state index in [0.717, 1.165) is 48.8 Å². The van der Waals surface area contributed by atoms with Crippen LogP contribution in [0.15, 0.2) is 18.2 Å². The van der Waals surface area contributed by atoms with Gasteiger partial charge in [-0.25, -0.2) is 4.79 Å². The van der Waals surface area contributed by atoms with Crippen LogP contribution in [0.3, 0.4) is 0 Å². The zero-order valence-electron chi connectivity index (χ0n) is 21.3. The van der Waals surface area contributed by atoms with Gasteiger partial charge in [0.15, 0.2) is 0 Å². The summed E-state index contributed by atoms with van der Waals surface area (Å²) in [5.74, 6) is -0.455. The monoisotopic (exact) mass is 459 g/mol. The minimum Gasteiger partial charge on any atom is -0.444 e. The van der Waals surface area contributed by atoms with E-state index < -0.39 is 23.8 Å². The number of nitrogens with one attached hydrogen (secondary N) is 2. The minimum absolute atomic E-state index is 0.0396. The van der Waals surface area contributed by atoms with Gasteiger partial charge >= 0.3 is 6.09 Å². The van der Waals surface area contributed by atoms with Crippen LogP contribution in [0.5, 0.6) is 0 Å². The minimum atomic E-state index is -0.823. The van der Waals surface area contributed by atoms with E-state index in [9.17, 15) is 14.4 Å². The number of carbonyl (C=O) groups is 3. The highest BCUT2D eigenvalue weighted by Gasteiger charge is 2.41. The number of aryl methyl sites for hydroxylation is 1. The van der Waals surface area contributed by atoms with Crippen LogP contribution in [0.25, 0.3) is 0 Å². The highest BCUT2D eigenvalue weighted by Crippen LogP contribution is 2.35. The van der Waals surface area contributed by atoms with E-state index >= 15 is 0 Å². The van der Waals surface area contributed by atoms with Gasteiger partial charge in [-0.3, -0.25) is 9.59 Å². The molecule has 33 heavy (non-hydrogen) atoms. The van der Waals surface area contributed by atoms with Crippen LogP contribution >= 0.6 is 0 Å². The molecule has 1 aliphatic carbocycles. The van der Waals surface area contributed by atoms with Crippen molar-refractivity contribution in [2.45, 2.75) is 104 Å². The summed E-state index contributed by atoms with van der Waals surface area (Å²) >= 11 is 0. The molecule has 2 unspecified atom stereocenters. The maximum Gasteiger partial charge on any atom is 0.408 e. The lowest BCUT2D eigenvalue weighted by molar-refractivity contribution is -0.147. The van der Waals surface area contributed by atoms with E-state index in [2.05, 4.69) is 17.6 Å². The van der Waals surface area contributed by atoms with Crippen molar-refractivity contribution in [1.82, 2.24) is 15.5 Å². The molecule has 0 heterocycles. The Kier molecular flexibility index (Phi) is 9.32. The molecule has 3 amide bonds. The molecule has 1 saturated carbocycles. The third-order valence-electron chi connectivity index (χ3n) is 6.12. The summed E-state index contributed by atoms with van der Waals surface area (Å²) < 4.78 is 5.33. The van der Waals surface area contributed by atoms with Crippen molar-refractivity contribution in [1.29, 1.82) is 0 Å². The van der Waals surface area contributed by atoms with Gasteiger partial charge in [-0.15, -0.1) is 0 Å². The Morgan fingerprint density at radius 2 is 1.85 bits per heavy atom. The lowest BCUT2D eigenvalue weighted by Gasteiger charge is -2.43. The quantitative estimate of drug-likeness (QED) is 0.530. The second-order valence-corrected chi connectivity index (χ2v) is 10.0. The molecular weight excluding hydrogens is 418 g/mol. The van der Waals surface area contributed by atoms with E-state index in [1.54, 1.807) is 32.6 Å². The first kappa shape index (κ1) is 26.7. The highest BCUT2D eigenvalue weighted by molar-refractivity contribution is 5.92. The third kappa shape index (κ3) is 7.21. The Morgan fingerprint density at radius 3 is 2.39 bits per heavy atom. The van der Waals surface area contributed by atoms with E-state index in [1.807, 2.05) is 32.0 Å². The number of benzene rings is 1. The average molecular weight is 460 g/mol. The van der Waals surface area contributed by atoms with Gasteiger partial charge in [0, 0.05) is 12.6 Å². The number of alkyl carbamates (subject to hydrolysis) is 1. The molecule has 1 aromatic carbocycles. The Morgan fingerprint density at radius 1 is 1.18 bits per heavy atom. The topological polar surface area (TPSA) is 87.7 Å². The Bertz CT molecular complexity index is 842. The average Bonchev–Trinajstić information content (AvgIpc) is 2.67. The molecule has 1 aliphatic rings. The predicted octanol–water partition coefficient (Wildman–Crippen LogP) is 4.56. The normalized spacial score (nSPS) is 15.7. The predicted molar refractivity (Wildman–Crippen MR) is 130 cm³/mol. The van der Waals surface area contributed by atoms with Gasteiger partial charge in [-0.05, 0) is 83.9 Å². The Balaban J connectivity index is 2.39. The molecule has 1 aromatic rings. The van der Waals surface area contributed by atoms with Crippen LogP contribution in [0.4, 0.5) is 4.79 Å². The number of hydrogen-bond acceptors (Lipinski definition) is 4. The summed E-state index contributed by atoms with van der Waals surface area (Å²) in [5, 5.41) is 5.69.